The minimum Gasteiger partial charge on any atom is -0.497 e. The molecule has 0 aliphatic carbocycles. The fraction of sp³-hybridized carbons (Fsp3) is 0.381. The van der Waals surface area contributed by atoms with Crippen LogP contribution in [0.3, 0.4) is 0 Å². The Balaban J connectivity index is 2.24. The lowest BCUT2D eigenvalue weighted by molar-refractivity contribution is -0.122. The molecule has 8 heteroatoms. The van der Waals surface area contributed by atoms with E-state index in [1.54, 1.807) is 38.3 Å². The topological polar surface area (TPSA) is 84.9 Å². The minimum absolute atomic E-state index is 0.242. The Labute approximate surface area is 172 Å². The number of ether oxygens (including phenoxy) is 2. The molecule has 2 atom stereocenters. The second-order valence-corrected chi connectivity index (χ2v) is 8.53. The second-order valence-electron chi connectivity index (χ2n) is 6.68. The van der Waals surface area contributed by atoms with Crippen molar-refractivity contribution in [3.8, 4) is 11.5 Å². The third-order valence-corrected chi connectivity index (χ3v) is 5.90. The zero-order valence-corrected chi connectivity index (χ0v) is 18.2. The first-order valence-corrected chi connectivity index (χ1v) is 11.1. The minimum atomic E-state index is -3.68. The molecule has 0 heterocycles. The predicted molar refractivity (Wildman–Crippen MR) is 114 cm³/mol. The summed E-state index contributed by atoms with van der Waals surface area (Å²) < 4.78 is 36.3. The van der Waals surface area contributed by atoms with E-state index in [1.807, 2.05) is 31.2 Å². The smallest absolute Gasteiger partial charge is 0.244 e. The van der Waals surface area contributed by atoms with Crippen molar-refractivity contribution in [3.63, 3.8) is 0 Å². The summed E-state index contributed by atoms with van der Waals surface area (Å²) in [4.78, 5) is 12.9. The lowest BCUT2D eigenvalue weighted by Gasteiger charge is -2.30. The maximum atomic E-state index is 12.9. The maximum absolute atomic E-state index is 12.9. The molecule has 0 aliphatic heterocycles. The van der Waals surface area contributed by atoms with E-state index in [0.29, 0.717) is 17.9 Å². The zero-order valence-electron chi connectivity index (χ0n) is 17.4. The van der Waals surface area contributed by atoms with Crippen LogP contribution in [0.15, 0.2) is 48.5 Å². The number of rotatable bonds is 9. The van der Waals surface area contributed by atoms with Gasteiger partial charge in [-0.3, -0.25) is 9.10 Å². The lowest BCUT2D eigenvalue weighted by Crippen LogP contribution is -2.48. The molecule has 0 unspecified atom stereocenters. The fourth-order valence-corrected chi connectivity index (χ4v) is 4.26. The van der Waals surface area contributed by atoms with Gasteiger partial charge in [-0.05, 0) is 55.3 Å². The molecular weight excluding hydrogens is 392 g/mol. The summed E-state index contributed by atoms with van der Waals surface area (Å²) in [5, 5.41) is 2.95. The van der Waals surface area contributed by atoms with Crippen molar-refractivity contribution in [2.45, 2.75) is 32.4 Å². The molecule has 2 aromatic rings. The summed E-state index contributed by atoms with van der Waals surface area (Å²) in [7, 11) is -0.560. The van der Waals surface area contributed by atoms with Gasteiger partial charge in [0.25, 0.3) is 0 Å². The van der Waals surface area contributed by atoms with Crippen LogP contribution in [0, 0.1) is 0 Å². The third kappa shape index (κ3) is 5.63. The zero-order chi connectivity index (χ0) is 21.6. The Kier molecular flexibility index (Phi) is 7.50. The van der Waals surface area contributed by atoms with E-state index in [4.69, 9.17) is 9.47 Å². The monoisotopic (exact) mass is 420 g/mol. The van der Waals surface area contributed by atoms with Crippen LogP contribution in [-0.2, 0) is 14.8 Å². The molecule has 0 bridgehead atoms. The molecule has 0 fully saturated rings. The average Bonchev–Trinajstić information content (AvgIpc) is 2.71. The van der Waals surface area contributed by atoms with Gasteiger partial charge < -0.3 is 14.8 Å². The van der Waals surface area contributed by atoms with E-state index in [2.05, 4.69) is 5.32 Å². The Bertz CT molecular complexity index is 911. The van der Waals surface area contributed by atoms with Crippen molar-refractivity contribution in [2.24, 2.45) is 0 Å². The summed E-state index contributed by atoms with van der Waals surface area (Å²) in [6.45, 7) is 3.53. The van der Waals surface area contributed by atoms with Crippen LogP contribution >= 0.6 is 0 Å². The van der Waals surface area contributed by atoms with E-state index in [-0.39, 0.29) is 11.9 Å². The predicted octanol–water partition coefficient (Wildman–Crippen LogP) is 3.13. The van der Waals surface area contributed by atoms with E-state index in [9.17, 15) is 13.2 Å². The van der Waals surface area contributed by atoms with Gasteiger partial charge in [0, 0.05) is 0 Å². The fourth-order valence-electron chi connectivity index (χ4n) is 3.09. The molecule has 0 aromatic heterocycles. The highest BCUT2D eigenvalue weighted by Gasteiger charge is 2.30. The highest BCUT2D eigenvalue weighted by Crippen LogP contribution is 2.25. The first-order chi connectivity index (χ1) is 13.7. The van der Waals surface area contributed by atoms with Gasteiger partial charge in [-0.25, -0.2) is 8.42 Å². The van der Waals surface area contributed by atoms with Gasteiger partial charge in [0.15, 0.2) is 0 Å². The van der Waals surface area contributed by atoms with Gasteiger partial charge >= 0.3 is 0 Å². The van der Waals surface area contributed by atoms with Crippen molar-refractivity contribution in [1.29, 1.82) is 0 Å². The van der Waals surface area contributed by atoms with Crippen LogP contribution in [0.4, 0.5) is 5.69 Å². The van der Waals surface area contributed by atoms with Crippen LogP contribution in [0.1, 0.15) is 31.9 Å². The van der Waals surface area contributed by atoms with E-state index in [0.717, 1.165) is 21.9 Å². The molecule has 158 valence electrons. The van der Waals surface area contributed by atoms with Crippen LogP contribution < -0.4 is 19.1 Å². The lowest BCUT2D eigenvalue weighted by atomic mass is 10.0. The number of benzene rings is 2. The molecule has 29 heavy (non-hydrogen) atoms. The number of hydrogen-bond donors (Lipinski definition) is 1. The van der Waals surface area contributed by atoms with Crippen molar-refractivity contribution in [3.05, 3.63) is 54.1 Å². The van der Waals surface area contributed by atoms with E-state index in [1.165, 1.54) is 7.11 Å². The summed E-state index contributed by atoms with van der Waals surface area (Å²) in [6, 6.07) is 12.8. The Hall–Kier alpha value is -2.74. The second kappa shape index (κ2) is 9.65. The standard InChI is InChI=1S/C21H28N2O5S/c1-6-20(16-7-11-18(27-3)12-8-16)22-21(24)15(2)23(29(5,25)26)17-9-13-19(28-4)14-10-17/h7-15,20H,6H2,1-5H3,(H,22,24)/t15-,20-/m0/s1. The van der Waals surface area contributed by atoms with Gasteiger partial charge in [0.1, 0.15) is 17.5 Å². The van der Waals surface area contributed by atoms with Gasteiger partial charge in [-0.1, -0.05) is 19.1 Å². The molecule has 1 amide bonds. The maximum Gasteiger partial charge on any atom is 0.244 e. The molecule has 2 rings (SSSR count). The molecule has 7 nitrogen and oxygen atoms in total. The SMILES string of the molecule is CC[C@H](NC(=O)[C@H](C)N(c1ccc(OC)cc1)S(C)(=O)=O)c1ccc(OC)cc1. The van der Waals surface area contributed by atoms with E-state index >= 15 is 0 Å². The summed E-state index contributed by atoms with van der Waals surface area (Å²) in [5.74, 6) is 0.949. The van der Waals surface area contributed by atoms with Crippen molar-refractivity contribution in [1.82, 2.24) is 5.32 Å². The molecule has 0 saturated heterocycles. The molecule has 0 spiro atoms. The highest BCUT2D eigenvalue weighted by molar-refractivity contribution is 7.92. The summed E-state index contributed by atoms with van der Waals surface area (Å²) in [6.07, 6.45) is 1.74. The Morgan fingerprint density at radius 1 is 1.00 bits per heavy atom. The molecule has 1 N–H and O–H groups in total. The van der Waals surface area contributed by atoms with Crippen LogP contribution in [0.25, 0.3) is 0 Å². The number of anilines is 1. The van der Waals surface area contributed by atoms with Gasteiger partial charge in [-0.15, -0.1) is 0 Å². The highest BCUT2D eigenvalue weighted by atomic mass is 32.2. The number of sulfonamides is 1. The number of carbonyl (C=O) groups is 1. The van der Waals surface area contributed by atoms with Crippen LogP contribution in [0.5, 0.6) is 11.5 Å². The number of nitrogens with one attached hydrogen (secondary N) is 1. The number of nitrogens with zero attached hydrogens (tertiary/aromatic N) is 1. The van der Waals surface area contributed by atoms with Gasteiger partial charge in [0.05, 0.1) is 32.2 Å². The molecule has 0 aliphatic rings. The number of carbonyl (C=O) groups excluding carboxylic acids is 1. The van der Waals surface area contributed by atoms with Gasteiger partial charge in [-0.2, -0.15) is 0 Å². The first-order valence-electron chi connectivity index (χ1n) is 9.29. The van der Waals surface area contributed by atoms with Crippen LogP contribution in [0.2, 0.25) is 0 Å². The number of hydrogen-bond acceptors (Lipinski definition) is 5. The normalized spacial score (nSPS) is 13.3. The largest absolute Gasteiger partial charge is 0.497 e. The molecule has 0 radical (unpaired) electrons. The molecule has 0 saturated carbocycles. The average molecular weight is 421 g/mol. The van der Waals surface area contributed by atoms with Crippen molar-refractivity contribution < 1.29 is 22.7 Å². The molecule has 2 aromatic carbocycles. The van der Waals surface area contributed by atoms with Crippen LogP contribution in [-0.4, -0.2) is 40.8 Å². The Morgan fingerprint density at radius 2 is 1.48 bits per heavy atom. The number of methoxy groups -OCH3 is 2. The molecular formula is C21H28N2O5S. The summed E-state index contributed by atoms with van der Waals surface area (Å²) in [5.41, 5.74) is 1.32. The number of amides is 1. The van der Waals surface area contributed by atoms with E-state index < -0.39 is 16.1 Å². The Morgan fingerprint density at radius 3 is 1.90 bits per heavy atom. The van der Waals surface area contributed by atoms with Gasteiger partial charge in [0.2, 0.25) is 15.9 Å². The quantitative estimate of drug-likeness (QED) is 0.674. The summed E-state index contributed by atoms with van der Waals surface area (Å²) >= 11 is 0. The third-order valence-electron chi connectivity index (χ3n) is 4.66. The van der Waals surface area contributed by atoms with Crippen molar-refractivity contribution >= 4 is 21.6 Å². The van der Waals surface area contributed by atoms with Crippen molar-refractivity contribution in [2.75, 3.05) is 24.8 Å². The first kappa shape index (κ1) is 22.5.